The molecule has 1 atom stereocenters. The molecule has 2 rings (SSSR count). The number of halogens is 1. The van der Waals surface area contributed by atoms with Gasteiger partial charge in [-0.15, -0.1) is 0 Å². The van der Waals surface area contributed by atoms with Gasteiger partial charge in [-0.2, -0.15) is 0 Å². The molecular weight excluding hydrogens is 219 g/mol. The molecule has 0 aromatic heterocycles. The molecule has 1 heterocycles. The first kappa shape index (κ1) is 12.3. The van der Waals surface area contributed by atoms with Crippen LogP contribution in [0.4, 0.5) is 10.1 Å². The summed E-state index contributed by atoms with van der Waals surface area (Å²) in [5, 5.41) is 0. The summed E-state index contributed by atoms with van der Waals surface area (Å²) < 4.78 is 18.8. The second kappa shape index (κ2) is 5.47. The van der Waals surface area contributed by atoms with Gasteiger partial charge in [-0.25, -0.2) is 4.39 Å². The van der Waals surface area contributed by atoms with E-state index in [1.165, 1.54) is 6.07 Å². The quantitative estimate of drug-likeness (QED) is 0.814. The molecule has 0 saturated carbocycles. The second-order valence-electron chi connectivity index (χ2n) is 4.65. The Hall–Kier alpha value is -1.13. The largest absolute Gasteiger partial charge is 0.398 e. The first-order chi connectivity index (χ1) is 8.20. The maximum absolute atomic E-state index is 13.6. The minimum absolute atomic E-state index is 0.208. The Bertz CT molecular complexity index is 363. The summed E-state index contributed by atoms with van der Waals surface area (Å²) in [5.74, 6) is 0.355. The molecule has 1 saturated heterocycles. The molecular formula is C13H19FN2O. The van der Waals surface area contributed by atoms with Gasteiger partial charge in [0, 0.05) is 31.5 Å². The number of rotatable bonds is 4. The summed E-state index contributed by atoms with van der Waals surface area (Å²) in [5.41, 5.74) is 6.96. The maximum atomic E-state index is 13.6. The van der Waals surface area contributed by atoms with Crippen LogP contribution >= 0.6 is 0 Å². The Balaban J connectivity index is 1.98. The van der Waals surface area contributed by atoms with Crippen LogP contribution in [0.5, 0.6) is 0 Å². The standard InChI is InChI=1S/C13H19FN2O/c1-17-9-10-5-6-16(7-10)8-11-12(14)3-2-4-13(11)15/h2-4,10H,5-9,15H2,1H3. The SMILES string of the molecule is COCC1CCN(Cc2c(N)cccc2F)C1. The minimum Gasteiger partial charge on any atom is -0.398 e. The lowest BCUT2D eigenvalue weighted by atomic mass is 10.1. The van der Waals surface area contributed by atoms with Crippen LogP contribution in [0.15, 0.2) is 18.2 Å². The number of hydrogen-bond acceptors (Lipinski definition) is 3. The molecule has 94 valence electrons. The lowest BCUT2D eigenvalue weighted by molar-refractivity contribution is 0.152. The van der Waals surface area contributed by atoms with E-state index in [1.807, 2.05) is 0 Å². The maximum Gasteiger partial charge on any atom is 0.129 e. The highest BCUT2D eigenvalue weighted by Gasteiger charge is 2.23. The molecule has 0 radical (unpaired) electrons. The van der Waals surface area contributed by atoms with Crippen LogP contribution in [0, 0.1) is 11.7 Å². The van der Waals surface area contributed by atoms with E-state index >= 15 is 0 Å². The van der Waals surface area contributed by atoms with Crippen molar-refractivity contribution >= 4 is 5.69 Å². The van der Waals surface area contributed by atoms with Crippen LogP contribution < -0.4 is 5.73 Å². The van der Waals surface area contributed by atoms with Gasteiger partial charge in [0.05, 0.1) is 6.61 Å². The molecule has 4 heteroatoms. The Morgan fingerprint density at radius 3 is 3.06 bits per heavy atom. The molecule has 0 spiro atoms. The highest BCUT2D eigenvalue weighted by atomic mass is 19.1. The molecule has 1 aliphatic heterocycles. The van der Waals surface area contributed by atoms with E-state index in [-0.39, 0.29) is 5.82 Å². The zero-order valence-electron chi connectivity index (χ0n) is 10.2. The molecule has 1 aliphatic rings. The van der Waals surface area contributed by atoms with E-state index in [0.29, 0.717) is 23.7 Å². The third-order valence-electron chi connectivity index (χ3n) is 3.31. The summed E-state index contributed by atoms with van der Waals surface area (Å²) in [6.45, 7) is 3.32. The van der Waals surface area contributed by atoms with E-state index in [9.17, 15) is 4.39 Å². The van der Waals surface area contributed by atoms with Crippen molar-refractivity contribution in [1.82, 2.24) is 4.90 Å². The molecule has 3 nitrogen and oxygen atoms in total. The highest BCUT2D eigenvalue weighted by Crippen LogP contribution is 2.23. The van der Waals surface area contributed by atoms with Gasteiger partial charge in [0.1, 0.15) is 5.82 Å². The van der Waals surface area contributed by atoms with E-state index < -0.39 is 0 Å². The number of methoxy groups -OCH3 is 1. The number of benzene rings is 1. The number of nitrogens with zero attached hydrogens (tertiary/aromatic N) is 1. The molecule has 0 aliphatic carbocycles. The van der Waals surface area contributed by atoms with Gasteiger partial charge in [0.2, 0.25) is 0 Å². The van der Waals surface area contributed by atoms with E-state index in [4.69, 9.17) is 10.5 Å². The third-order valence-corrected chi connectivity index (χ3v) is 3.31. The molecule has 17 heavy (non-hydrogen) atoms. The Morgan fingerprint density at radius 1 is 1.53 bits per heavy atom. The predicted octanol–water partition coefficient (Wildman–Crippen LogP) is 1.88. The van der Waals surface area contributed by atoms with E-state index in [1.54, 1.807) is 19.2 Å². The number of nitrogens with two attached hydrogens (primary N) is 1. The average molecular weight is 238 g/mol. The lowest BCUT2D eigenvalue weighted by Gasteiger charge is -2.17. The Morgan fingerprint density at radius 2 is 2.35 bits per heavy atom. The zero-order chi connectivity index (χ0) is 12.3. The topological polar surface area (TPSA) is 38.5 Å². The fraction of sp³-hybridized carbons (Fsp3) is 0.538. The van der Waals surface area contributed by atoms with Crippen LogP contribution in [-0.2, 0) is 11.3 Å². The van der Waals surface area contributed by atoms with Crippen LogP contribution in [0.1, 0.15) is 12.0 Å². The summed E-state index contributed by atoms with van der Waals surface area (Å²) >= 11 is 0. The average Bonchev–Trinajstić information content (AvgIpc) is 2.72. The van der Waals surface area contributed by atoms with Crippen molar-refractivity contribution < 1.29 is 9.13 Å². The highest BCUT2D eigenvalue weighted by molar-refractivity contribution is 5.47. The Labute approximate surface area is 101 Å². The van der Waals surface area contributed by atoms with Gasteiger partial charge in [-0.3, -0.25) is 4.90 Å². The first-order valence-electron chi connectivity index (χ1n) is 5.95. The van der Waals surface area contributed by atoms with Gasteiger partial charge in [-0.1, -0.05) is 6.07 Å². The summed E-state index contributed by atoms with van der Waals surface area (Å²) in [6, 6.07) is 4.86. The molecule has 1 aromatic rings. The summed E-state index contributed by atoms with van der Waals surface area (Å²) in [4.78, 5) is 2.23. The number of hydrogen-bond donors (Lipinski definition) is 1. The van der Waals surface area contributed by atoms with Crippen LogP contribution in [0.25, 0.3) is 0 Å². The number of nitrogen functional groups attached to an aromatic ring is 1. The van der Waals surface area contributed by atoms with Crippen molar-refractivity contribution in [2.24, 2.45) is 5.92 Å². The molecule has 0 amide bonds. The first-order valence-corrected chi connectivity index (χ1v) is 5.95. The van der Waals surface area contributed by atoms with Gasteiger partial charge < -0.3 is 10.5 Å². The molecule has 0 bridgehead atoms. The normalized spacial score (nSPS) is 20.9. The van der Waals surface area contributed by atoms with Crippen molar-refractivity contribution in [1.29, 1.82) is 0 Å². The van der Waals surface area contributed by atoms with Crippen LogP contribution in [0.3, 0.4) is 0 Å². The fourth-order valence-electron chi connectivity index (χ4n) is 2.39. The van der Waals surface area contributed by atoms with E-state index in [0.717, 1.165) is 26.1 Å². The smallest absolute Gasteiger partial charge is 0.129 e. The van der Waals surface area contributed by atoms with Crippen molar-refractivity contribution in [2.75, 3.05) is 32.5 Å². The van der Waals surface area contributed by atoms with Gasteiger partial charge in [-0.05, 0) is 31.0 Å². The molecule has 1 aromatic carbocycles. The van der Waals surface area contributed by atoms with Gasteiger partial charge in [0.15, 0.2) is 0 Å². The zero-order valence-corrected chi connectivity index (χ0v) is 10.2. The van der Waals surface area contributed by atoms with Crippen molar-refractivity contribution in [3.05, 3.63) is 29.6 Å². The van der Waals surface area contributed by atoms with E-state index in [2.05, 4.69) is 4.90 Å². The molecule has 1 unspecified atom stereocenters. The van der Waals surface area contributed by atoms with Crippen molar-refractivity contribution in [3.8, 4) is 0 Å². The number of likely N-dealkylation sites (tertiary alicyclic amines) is 1. The lowest BCUT2D eigenvalue weighted by Crippen LogP contribution is -2.22. The predicted molar refractivity (Wildman–Crippen MR) is 66.1 cm³/mol. The summed E-state index contributed by atoms with van der Waals surface area (Å²) in [7, 11) is 1.72. The monoisotopic (exact) mass is 238 g/mol. The number of ether oxygens (including phenoxy) is 1. The van der Waals surface area contributed by atoms with Crippen molar-refractivity contribution in [3.63, 3.8) is 0 Å². The third kappa shape index (κ3) is 2.96. The fourth-order valence-corrected chi connectivity index (χ4v) is 2.39. The molecule has 1 fully saturated rings. The second-order valence-corrected chi connectivity index (χ2v) is 4.65. The summed E-state index contributed by atoms with van der Waals surface area (Å²) in [6.07, 6.45) is 1.11. The van der Waals surface area contributed by atoms with Gasteiger partial charge in [0.25, 0.3) is 0 Å². The Kier molecular flexibility index (Phi) is 3.97. The minimum atomic E-state index is -0.208. The van der Waals surface area contributed by atoms with Gasteiger partial charge >= 0.3 is 0 Å². The number of anilines is 1. The van der Waals surface area contributed by atoms with Crippen LogP contribution in [0.2, 0.25) is 0 Å². The van der Waals surface area contributed by atoms with Crippen molar-refractivity contribution in [2.45, 2.75) is 13.0 Å². The molecule has 2 N–H and O–H groups in total. The van der Waals surface area contributed by atoms with Crippen LogP contribution in [-0.4, -0.2) is 31.7 Å².